The number of carbonyl (C=O) groups excluding carboxylic acids is 1. The maximum atomic E-state index is 12.3. The minimum absolute atomic E-state index is 0.304. The Morgan fingerprint density at radius 2 is 2.10 bits per heavy atom. The van der Waals surface area contributed by atoms with Crippen LogP contribution in [0.3, 0.4) is 0 Å². The van der Waals surface area contributed by atoms with Crippen molar-refractivity contribution in [1.82, 2.24) is 5.32 Å². The monoisotopic (exact) mass is 323 g/mol. The van der Waals surface area contributed by atoms with E-state index < -0.39 is 12.0 Å². The van der Waals surface area contributed by atoms with Crippen LogP contribution in [-0.2, 0) is 4.79 Å². The van der Waals surface area contributed by atoms with Crippen molar-refractivity contribution in [2.75, 3.05) is 12.0 Å². The molecule has 0 saturated carbocycles. The van der Waals surface area contributed by atoms with Crippen LogP contribution in [0.25, 0.3) is 10.1 Å². The highest BCUT2D eigenvalue weighted by Gasteiger charge is 2.22. The summed E-state index contributed by atoms with van der Waals surface area (Å²) in [6, 6.07) is 6.96. The van der Waals surface area contributed by atoms with E-state index in [0.29, 0.717) is 17.1 Å². The quantitative estimate of drug-likeness (QED) is 0.857. The van der Waals surface area contributed by atoms with Crippen LogP contribution in [0.15, 0.2) is 24.3 Å². The van der Waals surface area contributed by atoms with E-state index in [1.54, 1.807) is 11.8 Å². The summed E-state index contributed by atoms with van der Waals surface area (Å²) in [4.78, 5) is 24.1. The van der Waals surface area contributed by atoms with Crippen LogP contribution in [0.1, 0.15) is 21.7 Å². The van der Waals surface area contributed by atoms with Gasteiger partial charge < -0.3 is 10.4 Å². The summed E-state index contributed by atoms with van der Waals surface area (Å²) in [5.41, 5.74) is 0.905. The van der Waals surface area contributed by atoms with Gasteiger partial charge in [-0.25, -0.2) is 4.79 Å². The lowest BCUT2D eigenvalue weighted by molar-refractivity contribution is -0.139. The standard InChI is InChI=1S/C15H17NO3S2/c1-9-10-5-3-4-6-12(10)21-13(9)14(17)16-11(15(18)19)7-8-20-2/h3-6,11H,7-8H2,1-2H3,(H,16,17)(H,18,19). The molecule has 6 heteroatoms. The molecular weight excluding hydrogens is 306 g/mol. The molecule has 0 spiro atoms. The number of hydrogen-bond donors (Lipinski definition) is 2. The molecule has 0 aliphatic rings. The molecule has 0 aliphatic heterocycles. The zero-order chi connectivity index (χ0) is 15.4. The number of aryl methyl sites for hydroxylation is 1. The second kappa shape index (κ2) is 6.95. The lowest BCUT2D eigenvalue weighted by Crippen LogP contribution is -2.41. The van der Waals surface area contributed by atoms with Crippen LogP contribution in [0.5, 0.6) is 0 Å². The first-order chi connectivity index (χ1) is 10.0. The second-order valence-corrected chi connectivity index (χ2v) is 6.74. The molecule has 0 radical (unpaired) electrons. The summed E-state index contributed by atoms with van der Waals surface area (Å²) in [5, 5.41) is 12.9. The molecule has 0 bridgehead atoms. The zero-order valence-corrected chi connectivity index (χ0v) is 13.5. The van der Waals surface area contributed by atoms with Gasteiger partial charge in [-0.3, -0.25) is 4.79 Å². The predicted molar refractivity (Wildman–Crippen MR) is 88.5 cm³/mol. The number of rotatable bonds is 6. The van der Waals surface area contributed by atoms with Crippen LogP contribution in [0.4, 0.5) is 0 Å². The SMILES string of the molecule is CSCCC(NC(=O)c1sc2ccccc2c1C)C(=O)O. The molecule has 2 rings (SSSR count). The summed E-state index contributed by atoms with van der Waals surface area (Å²) in [6.07, 6.45) is 2.34. The molecule has 2 aromatic rings. The van der Waals surface area contributed by atoms with Crippen molar-refractivity contribution in [2.24, 2.45) is 0 Å². The second-order valence-electron chi connectivity index (χ2n) is 4.70. The minimum Gasteiger partial charge on any atom is -0.480 e. The fourth-order valence-electron chi connectivity index (χ4n) is 2.11. The van der Waals surface area contributed by atoms with Crippen LogP contribution >= 0.6 is 23.1 Å². The largest absolute Gasteiger partial charge is 0.480 e. The van der Waals surface area contributed by atoms with E-state index >= 15 is 0 Å². The van der Waals surface area contributed by atoms with Gasteiger partial charge in [-0.1, -0.05) is 18.2 Å². The Kier molecular flexibility index (Phi) is 5.25. The Bertz CT molecular complexity index is 666. The molecule has 4 nitrogen and oxygen atoms in total. The van der Waals surface area contributed by atoms with Gasteiger partial charge >= 0.3 is 5.97 Å². The molecule has 1 atom stereocenters. The van der Waals surface area contributed by atoms with Gasteiger partial charge in [0.1, 0.15) is 6.04 Å². The van der Waals surface area contributed by atoms with E-state index in [1.807, 2.05) is 37.4 Å². The average molecular weight is 323 g/mol. The first-order valence-electron chi connectivity index (χ1n) is 6.55. The number of benzene rings is 1. The van der Waals surface area contributed by atoms with Gasteiger partial charge in [-0.2, -0.15) is 11.8 Å². The number of amides is 1. The third-order valence-corrected chi connectivity index (χ3v) is 5.18. The fraction of sp³-hybridized carbons (Fsp3) is 0.333. The van der Waals surface area contributed by atoms with E-state index in [0.717, 1.165) is 15.6 Å². The Labute approximate surface area is 131 Å². The van der Waals surface area contributed by atoms with Crippen molar-refractivity contribution in [3.8, 4) is 0 Å². The average Bonchev–Trinajstić information content (AvgIpc) is 2.81. The molecule has 1 aromatic heterocycles. The zero-order valence-electron chi connectivity index (χ0n) is 11.9. The number of thiophene rings is 1. The molecule has 21 heavy (non-hydrogen) atoms. The van der Waals surface area contributed by atoms with Gasteiger partial charge in [0, 0.05) is 4.70 Å². The Morgan fingerprint density at radius 3 is 2.71 bits per heavy atom. The lowest BCUT2D eigenvalue weighted by atomic mass is 10.1. The maximum Gasteiger partial charge on any atom is 0.326 e. The number of carboxylic acid groups (broad SMARTS) is 1. The molecule has 2 N–H and O–H groups in total. The van der Waals surface area contributed by atoms with E-state index in [2.05, 4.69) is 5.32 Å². The van der Waals surface area contributed by atoms with Gasteiger partial charge in [-0.15, -0.1) is 11.3 Å². The van der Waals surface area contributed by atoms with Gasteiger partial charge in [0.15, 0.2) is 0 Å². The third-order valence-electron chi connectivity index (χ3n) is 3.26. The van der Waals surface area contributed by atoms with Crippen molar-refractivity contribution in [3.05, 3.63) is 34.7 Å². The first kappa shape index (κ1) is 15.9. The molecule has 0 aliphatic carbocycles. The third kappa shape index (κ3) is 3.57. The van der Waals surface area contributed by atoms with Crippen molar-refractivity contribution in [1.29, 1.82) is 0 Å². The number of carbonyl (C=O) groups is 2. The van der Waals surface area contributed by atoms with Crippen LogP contribution in [0, 0.1) is 6.92 Å². The molecule has 1 heterocycles. The smallest absolute Gasteiger partial charge is 0.326 e. The summed E-state index contributed by atoms with van der Waals surface area (Å²) in [7, 11) is 0. The number of thioether (sulfide) groups is 1. The summed E-state index contributed by atoms with van der Waals surface area (Å²) in [5.74, 6) is -0.596. The number of hydrogen-bond acceptors (Lipinski definition) is 4. The van der Waals surface area contributed by atoms with Crippen molar-refractivity contribution in [2.45, 2.75) is 19.4 Å². The molecule has 0 fully saturated rings. The van der Waals surface area contributed by atoms with E-state index in [1.165, 1.54) is 11.3 Å². The molecule has 0 saturated heterocycles. The summed E-state index contributed by atoms with van der Waals surface area (Å²) >= 11 is 2.96. The molecule has 1 aromatic carbocycles. The van der Waals surface area contributed by atoms with Crippen molar-refractivity contribution in [3.63, 3.8) is 0 Å². The molecule has 112 valence electrons. The van der Waals surface area contributed by atoms with Crippen LogP contribution in [-0.4, -0.2) is 35.0 Å². The highest BCUT2D eigenvalue weighted by Crippen LogP contribution is 2.30. The van der Waals surface area contributed by atoms with E-state index in [4.69, 9.17) is 0 Å². The molecule has 1 unspecified atom stereocenters. The fourth-order valence-corrected chi connectivity index (χ4v) is 3.69. The number of aliphatic carboxylic acids is 1. The Morgan fingerprint density at radius 1 is 1.38 bits per heavy atom. The minimum atomic E-state index is -0.990. The number of nitrogens with one attached hydrogen (secondary N) is 1. The highest BCUT2D eigenvalue weighted by atomic mass is 32.2. The van der Waals surface area contributed by atoms with Crippen molar-refractivity contribution >= 4 is 45.1 Å². The van der Waals surface area contributed by atoms with Gasteiger partial charge in [-0.05, 0) is 42.4 Å². The summed E-state index contributed by atoms with van der Waals surface area (Å²) in [6.45, 7) is 1.89. The van der Waals surface area contributed by atoms with E-state index in [9.17, 15) is 14.7 Å². The normalized spacial score (nSPS) is 12.3. The van der Waals surface area contributed by atoms with Crippen LogP contribution < -0.4 is 5.32 Å². The summed E-state index contributed by atoms with van der Waals surface area (Å²) < 4.78 is 1.04. The van der Waals surface area contributed by atoms with Crippen molar-refractivity contribution < 1.29 is 14.7 Å². The molecule has 1 amide bonds. The van der Waals surface area contributed by atoms with E-state index in [-0.39, 0.29) is 5.91 Å². The number of carboxylic acids is 1. The topological polar surface area (TPSA) is 66.4 Å². The van der Waals surface area contributed by atoms with Gasteiger partial charge in [0.05, 0.1) is 4.88 Å². The lowest BCUT2D eigenvalue weighted by Gasteiger charge is -2.13. The number of fused-ring (bicyclic) bond motifs is 1. The predicted octanol–water partition coefficient (Wildman–Crippen LogP) is 3.15. The first-order valence-corrected chi connectivity index (χ1v) is 8.76. The molecular formula is C15H17NO3S2. The Balaban J connectivity index is 2.21. The van der Waals surface area contributed by atoms with Gasteiger partial charge in [0.2, 0.25) is 0 Å². The van der Waals surface area contributed by atoms with Crippen LogP contribution in [0.2, 0.25) is 0 Å². The Hall–Kier alpha value is -1.53. The van der Waals surface area contributed by atoms with Gasteiger partial charge in [0.25, 0.3) is 5.91 Å². The highest BCUT2D eigenvalue weighted by molar-refractivity contribution is 7.98. The maximum absolute atomic E-state index is 12.3.